The molecule has 0 saturated heterocycles. The van der Waals surface area contributed by atoms with Crippen molar-refractivity contribution in [3.63, 3.8) is 0 Å². The minimum Gasteiger partial charge on any atom is -0.329 e. The Morgan fingerprint density at radius 2 is 2.25 bits per heavy atom. The van der Waals surface area contributed by atoms with E-state index in [1.54, 1.807) is 0 Å². The van der Waals surface area contributed by atoms with Crippen LogP contribution in [0.4, 0.5) is 13.2 Å². The van der Waals surface area contributed by atoms with Gasteiger partial charge in [0.2, 0.25) is 0 Å². The van der Waals surface area contributed by atoms with Gasteiger partial charge in [-0.2, -0.15) is 13.2 Å². The Labute approximate surface area is 71.2 Å². The Morgan fingerprint density at radius 1 is 1.58 bits per heavy atom. The predicted molar refractivity (Wildman–Crippen MR) is 40.0 cm³/mol. The van der Waals surface area contributed by atoms with Crippen LogP contribution in [0.1, 0.15) is 10.9 Å². The van der Waals surface area contributed by atoms with E-state index >= 15 is 0 Å². The van der Waals surface area contributed by atoms with Gasteiger partial charge in [0, 0.05) is 18.1 Å². The van der Waals surface area contributed by atoms with Crippen LogP contribution in [0.3, 0.4) is 0 Å². The average Bonchev–Trinajstić information content (AvgIpc) is 2.38. The maximum Gasteiger partial charge on any atom is 0.399 e. The van der Waals surface area contributed by atoms with Crippen molar-refractivity contribution in [1.82, 2.24) is 4.98 Å². The fourth-order valence-electron chi connectivity index (χ4n) is 0.781. The number of thiazole rings is 1. The van der Waals surface area contributed by atoms with E-state index < -0.39 is 18.6 Å². The smallest absolute Gasteiger partial charge is 0.329 e. The maximum atomic E-state index is 12.2. The molecule has 0 aliphatic heterocycles. The van der Waals surface area contributed by atoms with E-state index in [1.165, 1.54) is 11.6 Å². The van der Waals surface area contributed by atoms with Crippen LogP contribution in [-0.4, -0.2) is 17.7 Å². The molecule has 1 rings (SSSR count). The highest BCUT2D eigenvalue weighted by Gasteiger charge is 2.41. The van der Waals surface area contributed by atoms with Gasteiger partial charge < -0.3 is 5.73 Å². The highest BCUT2D eigenvalue weighted by Crippen LogP contribution is 2.34. The number of aromatic nitrogens is 1. The van der Waals surface area contributed by atoms with Crippen LogP contribution in [0.5, 0.6) is 0 Å². The highest BCUT2D eigenvalue weighted by atomic mass is 32.1. The lowest BCUT2D eigenvalue weighted by Gasteiger charge is -2.15. The lowest BCUT2D eigenvalue weighted by Crippen LogP contribution is -2.27. The molecule has 0 bridgehead atoms. The first-order valence-corrected chi connectivity index (χ1v) is 4.10. The lowest BCUT2D eigenvalue weighted by molar-refractivity contribution is -0.148. The summed E-state index contributed by atoms with van der Waals surface area (Å²) in [4.78, 5) is 3.57. The number of halogens is 3. The predicted octanol–water partition coefficient (Wildman–Crippen LogP) is 1.75. The van der Waals surface area contributed by atoms with E-state index in [4.69, 9.17) is 5.73 Å². The molecular formula is C6H7F3N2S. The van der Waals surface area contributed by atoms with E-state index in [0.29, 0.717) is 0 Å². The van der Waals surface area contributed by atoms with Gasteiger partial charge in [0.1, 0.15) is 10.9 Å². The average molecular weight is 196 g/mol. The van der Waals surface area contributed by atoms with E-state index in [1.807, 2.05) is 0 Å². The summed E-state index contributed by atoms with van der Waals surface area (Å²) in [7, 11) is 0. The summed E-state index contributed by atoms with van der Waals surface area (Å²) in [6.45, 7) is -0.447. The molecular weight excluding hydrogens is 189 g/mol. The number of hydrogen-bond donors (Lipinski definition) is 1. The van der Waals surface area contributed by atoms with Gasteiger partial charge in [0.05, 0.1) is 0 Å². The summed E-state index contributed by atoms with van der Waals surface area (Å²) in [6, 6.07) is 0. The fraction of sp³-hybridized carbons (Fsp3) is 0.500. The summed E-state index contributed by atoms with van der Waals surface area (Å²) in [6.07, 6.45) is -2.94. The summed E-state index contributed by atoms with van der Waals surface area (Å²) in [5.41, 5.74) is 5.00. The molecule has 1 aromatic heterocycles. The third-order valence-electron chi connectivity index (χ3n) is 1.38. The standard InChI is InChI=1S/C6H7F3N2S/c7-6(8,9)4(3-10)5-11-1-2-12-5/h1-2,4H,3,10H2. The molecule has 0 saturated carbocycles. The van der Waals surface area contributed by atoms with Crippen LogP contribution < -0.4 is 5.73 Å². The van der Waals surface area contributed by atoms with E-state index in [2.05, 4.69) is 4.98 Å². The molecule has 1 heterocycles. The molecule has 0 spiro atoms. The van der Waals surface area contributed by atoms with Crippen molar-refractivity contribution >= 4 is 11.3 Å². The van der Waals surface area contributed by atoms with Crippen LogP contribution in [-0.2, 0) is 0 Å². The van der Waals surface area contributed by atoms with Crippen molar-refractivity contribution in [3.8, 4) is 0 Å². The Hall–Kier alpha value is -0.620. The second kappa shape index (κ2) is 3.40. The lowest BCUT2D eigenvalue weighted by atomic mass is 10.1. The van der Waals surface area contributed by atoms with Crippen molar-refractivity contribution in [1.29, 1.82) is 0 Å². The first-order valence-electron chi connectivity index (χ1n) is 3.22. The highest BCUT2D eigenvalue weighted by molar-refractivity contribution is 7.09. The zero-order valence-electron chi connectivity index (χ0n) is 6.01. The molecule has 0 radical (unpaired) electrons. The molecule has 68 valence electrons. The van der Waals surface area contributed by atoms with Gasteiger partial charge in [-0.3, -0.25) is 0 Å². The summed E-state index contributed by atoms with van der Waals surface area (Å²) in [5.74, 6) is -1.61. The molecule has 0 aromatic carbocycles. The number of nitrogens with zero attached hydrogens (tertiary/aromatic N) is 1. The molecule has 0 aliphatic rings. The zero-order chi connectivity index (χ0) is 9.19. The van der Waals surface area contributed by atoms with Gasteiger partial charge in [-0.05, 0) is 0 Å². The van der Waals surface area contributed by atoms with Crippen LogP contribution in [0, 0.1) is 0 Å². The molecule has 0 fully saturated rings. The first-order chi connectivity index (χ1) is 5.55. The van der Waals surface area contributed by atoms with Crippen molar-refractivity contribution in [2.45, 2.75) is 12.1 Å². The van der Waals surface area contributed by atoms with Gasteiger partial charge in [0.25, 0.3) is 0 Å². The third-order valence-corrected chi connectivity index (χ3v) is 2.27. The molecule has 0 amide bonds. The molecule has 1 unspecified atom stereocenters. The third kappa shape index (κ3) is 1.95. The normalized spacial score (nSPS) is 14.7. The van der Waals surface area contributed by atoms with Crippen molar-refractivity contribution in [3.05, 3.63) is 16.6 Å². The maximum absolute atomic E-state index is 12.2. The minimum absolute atomic E-state index is 0.0324. The van der Waals surface area contributed by atoms with Crippen LogP contribution in [0.15, 0.2) is 11.6 Å². The fourth-order valence-corrected chi connectivity index (χ4v) is 1.56. The molecule has 1 aromatic rings. The van der Waals surface area contributed by atoms with E-state index in [9.17, 15) is 13.2 Å². The largest absolute Gasteiger partial charge is 0.399 e. The second-order valence-electron chi connectivity index (χ2n) is 2.20. The Kier molecular flexibility index (Phi) is 2.69. The van der Waals surface area contributed by atoms with Gasteiger partial charge in [0.15, 0.2) is 0 Å². The Balaban J connectivity index is 2.84. The van der Waals surface area contributed by atoms with Gasteiger partial charge in [-0.1, -0.05) is 0 Å². The molecule has 6 heteroatoms. The second-order valence-corrected chi connectivity index (χ2v) is 3.13. The Morgan fingerprint density at radius 3 is 2.58 bits per heavy atom. The first kappa shape index (κ1) is 9.47. The summed E-state index contributed by atoms with van der Waals surface area (Å²) < 4.78 is 36.5. The molecule has 2 N–H and O–H groups in total. The van der Waals surface area contributed by atoms with E-state index in [0.717, 1.165) is 11.3 Å². The van der Waals surface area contributed by atoms with Gasteiger partial charge >= 0.3 is 6.18 Å². The van der Waals surface area contributed by atoms with E-state index in [-0.39, 0.29) is 5.01 Å². The molecule has 0 aliphatic carbocycles. The van der Waals surface area contributed by atoms with Crippen molar-refractivity contribution in [2.24, 2.45) is 5.73 Å². The zero-order valence-corrected chi connectivity index (χ0v) is 6.82. The van der Waals surface area contributed by atoms with Gasteiger partial charge in [-0.25, -0.2) is 4.98 Å². The van der Waals surface area contributed by atoms with Crippen LogP contribution in [0.2, 0.25) is 0 Å². The molecule has 12 heavy (non-hydrogen) atoms. The number of rotatable bonds is 2. The van der Waals surface area contributed by atoms with Crippen molar-refractivity contribution in [2.75, 3.05) is 6.54 Å². The summed E-state index contributed by atoms with van der Waals surface area (Å²) >= 11 is 0.971. The minimum atomic E-state index is -4.29. The van der Waals surface area contributed by atoms with Gasteiger partial charge in [-0.15, -0.1) is 11.3 Å². The SMILES string of the molecule is NCC(c1nccs1)C(F)(F)F. The number of hydrogen-bond acceptors (Lipinski definition) is 3. The summed E-state index contributed by atoms with van der Waals surface area (Å²) in [5, 5.41) is 1.54. The quantitative estimate of drug-likeness (QED) is 0.782. The molecule has 2 nitrogen and oxygen atoms in total. The van der Waals surface area contributed by atoms with Crippen LogP contribution in [0.25, 0.3) is 0 Å². The Bertz CT molecular complexity index is 231. The monoisotopic (exact) mass is 196 g/mol. The molecule has 1 atom stereocenters. The number of alkyl halides is 3. The van der Waals surface area contributed by atoms with Crippen molar-refractivity contribution < 1.29 is 13.2 Å². The van der Waals surface area contributed by atoms with Crippen LogP contribution >= 0.6 is 11.3 Å². The number of nitrogens with two attached hydrogens (primary N) is 1. The topological polar surface area (TPSA) is 38.9 Å².